The fourth-order valence-electron chi connectivity index (χ4n) is 2.91. The molecule has 0 radical (unpaired) electrons. The summed E-state index contributed by atoms with van der Waals surface area (Å²) in [4.78, 5) is 14.3. The molecule has 0 saturated carbocycles. The summed E-state index contributed by atoms with van der Waals surface area (Å²) < 4.78 is 1.05. The minimum atomic E-state index is -0.823. The summed E-state index contributed by atoms with van der Waals surface area (Å²) >= 11 is 1.37. The fraction of sp³-hybridized carbons (Fsp3) is 0.438. The van der Waals surface area contributed by atoms with Crippen LogP contribution in [0.1, 0.15) is 28.1 Å². The molecule has 1 aliphatic heterocycles. The van der Waals surface area contributed by atoms with E-state index in [1.165, 1.54) is 11.3 Å². The predicted molar refractivity (Wildman–Crippen MR) is 86.1 cm³/mol. The van der Waals surface area contributed by atoms with Crippen LogP contribution in [-0.2, 0) is 6.54 Å². The van der Waals surface area contributed by atoms with Gasteiger partial charge in [-0.1, -0.05) is 18.2 Å². The van der Waals surface area contributed by atoms with Crippen LogP contribution in [-0.4, -0.2) is 42.2 Å². The molecule has 1 aliphatic rings. The molecule has 1 aromatic heterocycles. The lowest BCUT2D eigenvalue weighted by Crippen LogP contribution is -2.40. The number of nitrogens with zero attached hydrogens (tertiary/aromatic N) is 1. The summed E-state index contributed by atoms with van der Waals surface area (Å²) in [5.74, 6) is -0.823. The zero-order chi connectivity index (χ0) is 14.8. The number of benzene rings is 1. The number of likely N-dealkylation sites (tertiary alicyclic amines) is 1. The Bertz CT molecular complexity index is 645. The van der Waals surface area contributed by atoms with Crippen LogP contribution in [0.2, 0.25) is 0 Å². The fourth-order valence-corrected chi connectivity index (χ4v) is 3.97. The van der Waals surface area contributed by atoms with Gasteiger partial charge in [0.2, 0.25) is 0 Å². The normalized spacial score (nSPS) is 17.4. The lowest BCUT2D eigenvalue weighted by Gasteiger charge is -2.29. The summed E-state index contributed by atoms with van der Waals surface area (Å²) in [6.45, 7) is 2.85. The molecule has 0 bridgehead atoms. The van der Waals surface area contributed by atoms with Crippen molar-refractivity contribution in [3.63, 3.8) is 0 Å². The summed E-state index contributed by atoms with van der Waals surface area (Å²) in [7, 11) is 2.14. The Labute approximate surface area is 128 Å². The number of carboxylic acids is 1. The molecular formula is C16H20N2O2S. The van der Waals surface area contributed by atoms with Crippen molar-refractivity contribution in [1.82, 2.24) is 10.2 Å². The Morgan fingerprint density at radius 2 is 2.10 bits per heavy atom. The second kappa shape index (κ2) is 6.13. The quantitative estimate of drug-likeness (QED) is 0.912. The highest BCUT2D eigenvalue weighted by atomic mass is 32.1. The van der Waals surface area contributed by atoms with Crippen molar-refractivity contribution in [2.45, 2.75) is 25.4 Å². The number of carbonyl (C=O) groups is 1. The second-order valence-corrected chi connectivity index (χ2v) is 6.72. The number of carboxylic acid groups (broad SMARTS) is 1. The van der Waals surface area contributed by atoms with Gasteiger partial charge >= 0.3 is 5.97 Å². The van der Waals surface area contributed by atoms with E-state index in [-0.39, 0.29) is 0 Å². The SMILES string of the molecule is CN1CCC(NCc2c(C(=O)O)sc3ccccc23)CC1. The van der Waals surface area contributed by atoms with E-state index in [1.807, 2.05) is 24.3 Å². The van der Waals surface area contributed by atoms with Gasteiger partial charge in [-0.05, 0) is 50.0 Å². The Morgan fingerprint density at radius 1 is 1.38 bits per heavy atom. The third-order valence-corrected chi connectivity index (χ3v) is 5.38. The molecule has 0 spiro atoms. The lowest BCUT2D eigenvalue weighted by molar-refractivity contribution is 0.0701. The first-order valence-corrected chi connectivity index (χ1v) is 8.12. The molecule has 5 heteroatoms. The maximum Gasteiger partial charge on any atom is 0.346 e. The van der Waals surface area contributed by atoms with Crippen LogP contribution in [0.15, 0.2) is 24.3 Å². The first kappa shape index (κ1) is 14.5. The average molecular weight is 304 g/mol. The number of hydrogen-bond donors (Lipinski definition) is 2. The molecular weight excluding hydrogens is 284 g/mol. The molecule has 0 amide bonds. The van der Waals surface area contributed by atoms with Crippen LogP contribution >= 0.6 is 11.3 Å². The number of piperidine rings is 1. The van der Waals surface area contributed by atoms with E-state index in [0.717, 1.165) is 41.6 Å². The van der Waals surface area contributed by atoms with E-state index >= 15 is 0 Å². The Hall–Kier alpha value is -1.43. The van der Waals surface area contributed by atoms with Gasteiger partial charge < -0.3 is 15.3 Å². The van der Waals surface area contributed by atoms with Crippen LogP contribution in [0.3, 0.4) is 0 Å². The minimum absolute atomic E-state index is 0.469. The van der Waals surface area contributed by atoms with Gasteiger partial charge in [0.25, 0.3) is 0 Å². The van der Waals surface area contributed by atoms with Crippen LogP contribution < -0.4 is 5.32 Å². The predicted octanol–water partition coefficient (Wildman–Crippen LogP) is 2.78. The van der Waals surface area contributed by atoms with E-state index in [1.54, 1.807) is 0 Å². The molecule has 2 aromatic rings. The smallest absolute Gasteiger partial charge is 0.346 e. The van der Waals surface area contributed by atoms with E-state index in [0.29, 0.717) is 17.5 Å². The molecule has 21 heavy (non-hydrogen) atoms. The van der Waals surface area contributed by atoms with Crippen LogP contribution in [0.25, 0.3) is 10.1 Å². The standard InChI is InChI=1S/C16H20N2O2S/c1-18-8-6-11(7-9-18)17-10-13-12-4-2-3-5-14(12)21-15(13)16(19)20/h2-5,11,17H,6-10H2,1H3,(H,19,20). The Balaban J connectivity index is 1.79. The van der Waals surface area contributed by atoms with Gasteiger partial charge in [0.15, 0.2) is 0 Å². The van der Waals surface area contributed by atoms with Crippen molar-refractivity contribution in [3.8, 4) is 0 Å². The lowest BCUT2D eigenvalue weighted by atomic mass is 10.0. The molecule has 112 valence electrons. The van der Waals surface area contributed by atoms with E-state index in [2.05, 4.69) is 17.3 Å². The van der Waals surface area contributed by atoms with E-state index in [9.17, 15) is 9.90 Å². The maximum atomic E-state index is 11.5. The highest BCUT2D eigenvalue weighted by molar-refractivity contribution is 7.21. The van der Waals surface area contributed by atoms with Crippen molar-refractivity contribution in [2.24, 2.45) is 0 Å². The van der Waals surface area contributed by atoms with Gasteiger partial charge in [-0.25, -0.2) is 4.79 Å². The summed E-state index contributed by atoms with van der Waals surface area (Å²) in [5, 5.41) is 14.0. The average Bonchev–Trinajstić information content (AvgIpc) is 2.86. The number of aromatic carboxylic acids is 1. The second-order valence-electron chi connectivity index (χ2n) is 5.67. The van der Waals surface area contributed by atoms with Crippen molar-refractivity contribution in [2.75, 3.05) is 20.1 Å². The monoisotopic (exact) mass is 304 g/mol. The number of nitrogens with one attached hydrogen (secondary N) is 1. The first-order chi connectivity index (χ1) is 10.1. The largest absolute Gasteiger partial charge is 0.477 e. The Kier molecular flexibility index (Phi) is 4.24. The van der Waals surface area contributed by atoms with Crippen molar-refractivity contribution in [1.29, 1.82) is 0 Å². The molecule has 4 nitrogen and oxygen atoms in total. The molecule has 2 N–H and O–H groups in total. The molecule has 0 unspecified atom stereocenters. The zero-order valence-electron chi connectivity index (χ0n) is 12.1. The van der Waals surface area contributed by atoms with Gasteiger partial charge in [-0.15, -0.1) is 11.3 Å². The molecule has 0 aliphatic carbocycles. The highest BCUT2D eigenvalue weighted by Crippen LogP contribution is 2.31. The third kappa shape index (κ3) is 3.10. The van der Waals surface area contributed by atoms with Crippen molar-refractivity contribution in [3.05, 3.63) is 34.7 Å². The molecule has 1 aromatic carbocycles. The van der Waals surface area contributed by atoms with Crippen molar-refractivity contribution >= 4 is 27.4 Å². The molecule has 2 heterocycles. The highest BCUT2D eigenvalue weighted by Gasteiger charge is 2.20. The Morgan fingerprint density at radius 3 is 2.81 bits per heavy atom. The van der Waals surface area contributed by atoms with Gasteiger partial charge in [0.05, 0.1) is 0 Å². The van der Waals surface area contributed by atoms with Crippen LogP contribution in [0, 0.1) is 0 Å². The molecule has 3 rings (SSSR count). The number of hydrogen-bond acceptors (Lipinski definition) is 4. The van der Waals surface area contributed by atoms with Gasteiger partial charge in [0, 0.05) is 17.3 Å². The van der Waals surface area contributed by atoms with Gasteiger partial charge in [-0.2, -0.15) is 0 Å². The summed E-state index contributed by atoms with van der Waals surface area (Å²) in [5.41, 5.74) is 0.932. The number of thiophene rings is 1. The van der Waals surface area contributed by atoms with Crippen LogP contribution in [0.4, 0.5) is 0 Å². The third-order valence-electron chi connectivity index (χ3n) is 4.18. The van der Waals surface area contributed by atoms with Gasteiger partial charge in [-0.3, -0.25) is 0 Å². The zero-order valence-corrected chi connectivity index (χ0v) is 12.9. The van der Waals surface area contributed by atoms with Crippen molar-refractivity contribution < 1.29 is 9.90 Å². The number of fused-ring (bicyclic) bond motifs is 1. The van der Waals surface area contributed by atoms with E-state index < -0.39 is 5.97 Å². The minimum Gasteiger partial charge on any atom is -0.477 e. The summed E-state index contributed by atoms with van der Waals surface area (Å²) in [6.07, 6.45) is 2.25. The van der Waals surface area contributed by atoms with Crippen LogP contribution in [0.5, 0.6) is 0 Å². The summed E-state index contributed by atoms with van der Waals surface area (Å²) in [6, 6.07) is 8.43. The molecule has 1 fully saturated rings. The first-order valence-electron chi connectivity index (χ1n) is 7.31. The number of rotatable bonds is 4. The topological polar surface area (TPSA) is 52.6 Å². The van der Waals surface area contributed by atoms with E-state index in [4.69, 9.17) is 0 Å². The van der Waals surface area contributed by atoms with Gasteiger partial charge in [0.1, 0.15) is 4.88 Å². The molecule has 0 atom stereocenters. The maximum absolute atomic E-state index is 11.5. The molecule has 1 saturated heterocycles.